The van der Waals surface area contributed by atoms with Gasteiger partial charge in [-0.25, -0.2) is 0 Å². The third-order valence-corrected chi connectivity index (χ3v) is 5.50. The Morgan fingerprint density at radius 3 is 2.54 bits per heavy atom. The first kappa shape index (κ1) is 20.8. The van der Waals surface area contributed by atoms with Gasteiger partial charge in [0.15, 0.2) is 11.5 Å². The van der Waals surface area contributed by atoms with Crippen LogP contribution in [0.4, 0.5) is 5.69 Å². The van der Waals surface area contributed by atoms with E-state index in [0.717, 1.165) is 21.3 Å². The van der Waals surface area contributed by atoms with E-state index in [0.29, 0.717) is 34.7 Å². The van der Waals surface area contributed by atoms with Crippen molar-refractivity contribution in [2.75, 3.05) is 12.4 Å². The van der Waals surface area contributed by atoms with Gasteiger partial charge in [-0.05, 0) is 48.4 Å². The fraction of sp³-hybridized carbons (Fsp3) is 0.182. The fourth-order valence-corrected chi connectivity index (χ4v) is 3.71. The SMILES string of the molecule is COc1cc(CNc2ccc(Cl)cc2Cl)c(Br)cc1OCc1cccc(C)c1. The molecule has 1 N–H and O–H groups in total. The number of aryl methyl sites for hydroxylation is 1. The normalized spacial score (nSPS) is 10.6. The first-order valence-corrected chi connectivity index (χ1v) is 10.2. The molecule has 3 aromatic rings. The van der Waals surface area contributed by atoms with Crippen LogP contribution in [0.1, 0.15) is 16.7 Å². The van der Waals surface area contributed by atoms with Gasteiger partial charge in [0.05, 0.1) is 17.8 Å². The minimum absolute atomic E-state index is 0.475. The summed E-state index contributed by atoms with van der Waals surface area (Å²) in [4.78, 5) is 0. The van der Waals surface area contributed by atoms with Crippen LogP contribution < -0.4 is 14.8 Å². The lowest BCUT2D eigenvalue weighted by Gasteiger charge is -2.15. The molecule has 0 saturated carbocycles. The number of benzene rings is 3. The molecular weight excluding hydrogens is 461 g/mol. The van der Waals surface area contributed by atoms with E-state index in [4.69, 9.17) is 32.7 Å². The van der Waals surface area contributed by atoms with Crippen LogP contribution in [0.2, 0.25) is 10.0 Å². The zero-order chi connectivity index (χ0) is 20.1. The quantitative estimate of drug-likeness (QED) is 0.385. The standard InChI is InChI=1S/C22H20BrCl2NO2/c1-14-4-3-5-15(8-14)13-28-22-11-18(23)16(9-21(22)27-2)12-26-20-7-6-17(24)10-19(20)25/h3-11,26H,12-13H2,1-2H3. The zero-order valence-corrected chi connectivity index (χ0v) is 18.7. The first-order valence-electron chi connectivity index (χ1n) is 8.70. The van der Waals surface area contributed by atoms with Crippen LogP contribution in [-0.4, -0.2) is 7.11 Å². The molecule has 3 nitrogen and oxygen atoms in total. The molecule has 0 aliphatic heterocycles. The van der Waals surface area contributed by atoms with Crippen LogP contribution in [0, 0.1) is 6.92 Å². The predicted molar refractivity (Wildman–Crippen MR) is 120 cm³/mol. The molecule has 3 aromatic carbocycles. The third-order valence-electron chi connectivity index (χ3n) is 4.21. The summed E-state index contributed by atoms with van der Waals surface area (Å²) in [6, 6.07) is 17.5. The molecule has 0 fully saturated rings. The molecule has 0 aliphatic carbocycles. The van der Waals surface area contributed by atoms with Crippen LogP contribution >= 0.6 is 39.1 Å². The van der Waals surface area contributed by atoms with E-state index in [9.17, 15) is 0 Å². The number of hydrogen-bond acceptors (Lipinski definition) is 3. The molecule has 0 heterocycles. The Morgan fingerprint density at radius 2 is 1.82 bits per heavy atom. The molecule has 3 rings (SSSR count). The van der Waals surface area contributed by atoms with Crippen molar-refractivity contribution in [3.8, 4) is 11.5 Å². The lowest BCUT2D eigenvalue weighted by molar-refractivity contribution is 0.284. The minimum Gasteiger partial charge on any atom is -0.493 e. The summed E-state index contributed by atoms with van der Waals surface area (Å²) in [5.41, 5.74) is 4.15. The third kappa shape index (κ3) is 5.34. The Morgan fingerprint density at radius 1 is 1.00 bits per heavy atom. The summed E-state index contributed by atoms with van der Waals surface area (Å²) in [6.07, 6.45) is 0. The van der Waals surface area contributed by atoms with E-state index in [2.05, 4.69) is 40.3 Å². The highest BCUT2D eigenvalue weighted by molar-refractivity contribution is 9.10. The Labute approximate surface area is 183 Å². The highest BCUT2D eigenvalue weighted by atomic mass is 79.9. The Bertz CT molecular complexity index is 979. The molecule has 0 spiro atoms. The summed E-state index contributed by atoms with van der Waals surface area (Å²) < 4.78 is 12.4. The zero-order valence-electron chi connectivity index (χ0n) is 15.6. The van der Waals surface area contributed by atoms with Gasteiger partial charge in [-0.1, -0.05) is 69.0 Å². The maximum atomic E-state index is 6.23. The highest BCUT2D eigenvalue weighted by Gasteiger charge is 2.11. The van der Waals surface area contributed by atoms with Gasteiger partial charge < -0.3 is 14.8 Å². The molecule has 146 valence electrons. The number of ether oxygens (including phenoxy) is 2. The van der Waals surface area contributed by atoms with E-state index in [1.54, 1.807) is 19.2 Å². The van der Waals surface area contributed by atoms with E-state index in [-0.39, 0.29) is 0 Å². The summed E-state index contributed by atoms with van der Waals surface area (Å²) >= 11 is 15.8. The number of nitrogens with one attached hydrogen (secondary N) is 1. The van der Waals surface area contributed by atoms with Gasteiger partial charge in [0.25, 0.3) is 0 Å². The lowest BCUT2D eigenvalue weighted by atomic mass is 10.1. The largest absolute Gasteiger partial charge is 0.493 e. The van der Waals surface area contributed by atoms with Gasteiger partial charge in [-0.15, -0.1) is 0 Å². The average Bonchev–Trinajstić information content (AvgIpc) is 2.66. The van der Waals surface area contributed by atoms with E-state index < -0.39 is 0 Å². The van der Waals surface area contributed by atoms with E-state index in [1.165, 1.54) is 5.56 Å². The summed E-state index contributed by atoms with van der Waals surface area (Å²) in [6.45, 7) is 3.11. The molecule has 28 heavy (non-hydrogen) atoms. The first-order chi connectivity index (χ1) is 13.5. The van der Waals surface area contributed by atoms with Gasteiger partial charge in [0.2, 0.25) is 0 Å². The van der Waals surface area contributed by atoms with E-state index in [1.807, 2.05) is 30.3 Å². The molecule has 0 saturated heterocycles. The van der Waals surface area contributed by atoms with Gasteiger partial charge >= 0.3 is 0 Å². The number of rotatable bonds is 7. The van der Waals surface area contributed by atoms with Crippen LogP contribution in [0.3, 0.4) is 0 Å². The van der Waals surface area contributed by atoms with Crippen LogP contribution in [-0.2, 0) is 13.2 Å². The van der Waals surface area contributed by atoms with Crippen LogP contribution in [0.5, 0.6) is 11.5 Å². The average molecular weight is 481 g/mol. The molecule has 0 aromatic heterocycles. The monoisotopic (exact) mass is 479 g/mol. The van der Waals surface area contributed by atoms with Crippen LogP contribution in [0.15, 0.2) is 59.1 Å². The van der Waals surface area contributed by atoms with Gasteiger partial charge in [-0.3, -0.25) is 0 Å². The molecule has 6 heteroatoms. The molecular formula is C22H20BrCl2NO2. The number of hydrogen-bond donors (Lipinski definition) is 1. The van der Waals surface area contributed by atoms with Crippen molar-refractivity contribution in [2.24, 2.45) is 0 Å². The fourth-order valence-electron chi connectivity index (χ4n) is 2.77. The number of halogens is 3. The van der Waals surface area contributed by atoms with Crippen molar-refractivity contribution >= 4 is 44.8 Å². The molecule has 0 radical (unpaired) electrons. The van der Waals surface area contributed by atoms with Crippen molar-refractivity contribution in [1.29, 1.82) is 0 Å². The lowest BCUT2D eigenvalue weighted by Crippen LogP contribution is -2.03. The molecule has 0 aliphatic rings. The second kappa shape index (κ2) is 9.55. The summed E-state index contributed by atoms with van der Waals surface area (Å²) in [5, 5.41) is 4.50. The predicted octanol–water partition coefficient (Wildman–Crippen LogP) is 7.26. The van der Waals surface area contributed by atoms with Gasteiger partial charge in [-0.2, -0.15) is 0 Å². The minimum atomic E-state index is 0.475. The van der Waals surface area contributed by atoms with Crippen molar-refractivity contribution < 1.29 is 9.47 Å². The summed E-state index contributed by atoms with van der Waals surface area (Å²) in [7, 11) is 1.63. The van der Waals surface area contributed by atoms with Gasteiger partial charge in [0.1, 0.15) is 6.61 Å². The van der Waals surface area contributed by atoms with Crippen molar-refractivity contribution in [2.45, 2.75) is 20.1 Å². The Kier molecular flexibility index (Phi) is 7.11. The molecule has 0 unspecified atom stereocenters. The highest BCUT2D eigenvalue weighted by Crippen LogP contribution is 2.35. The Balaban J connectivity index is 1.73. The second-order valence-electron chi connectivity index (χ2n) is 6.35. The van der Waals surface area contributed by atoms with Crippen molar-refractivity contribution in [3.05, 3.63) is 85.8 Å². The molecule has 0 atom stereocenters. The number of anilines is 1. The van der Waals surface area contributed by atoms with Crippen molar-refractivity contribution in [1.82, 2.24) is 0 Å². The number of methoxy groups -OCH3 is 1. The van der Waals surface area contributed by atoms with E-state index >= 15 is 0 Å². The maximum Gasteiger partial charge on any atom is 0.162 e. The van der Waals surface area contributed by atoms with Crippen LogP contribution in [0.25, 0.3) is 0 Å². The second-order valence-corrected chi connectivity index (χ2v) is 8.05. The van der Waals surface area contributed by atoms with Gasteiger partial charge in [0, 0.05) is 16.0 Å². The molecule has 0 amide bonds. The molecule has 0 bridgehead atoms. The smallest absolute Gasteiger partial charge is 0.162 e. The maximum absolute atomic E-state index is 6.23. The summed E-state index contributed by atoms with van der Waals surface area (Å²) in [5.74, 6) is 1.36. The topological polar surface area (TPSA) is 30.5 Å². The van der Waals surface area contributed by atoms with Crippen molar-refractivity contribution in [3.63, 3.8) is 0 Å². The Hall–Kier alpha value is -1.88.